The van der Waals surface area contributed by atoms with Crippen molar-refractivity contribution in [3.8, 4) is 0 Å². The predicted molar refractivity (Wildman–Crippen MR) is 167 cm³/mol. The number of aryl methyl sites for hydroxylation is 1. The monoisotopic (exact) mass is 529 g/mol. The summed E-state index contributed by atoms with van der Waals surface area (Å²) in [6.07, 6.45) is 6.47. The van der Waals surface area contributed by atoms with Crippen LogP contribution in [0.15, 0.2) is 76.4 Å². The van der Waals surface area contributed by atoms with E-state index in [1.165, 1.54) is 6.07 Å². The van der Waals surface area contributed by atoms with Crippen LogP contribution in [0.4, 0.5) is 27.1 Å². The van der Waals surface area contributed by atoms with Crippen LogP contribution in [0.1, 0.15) is 30.5 Å². The first-order valence-corrected chi connectivity index (χ1v) is 13.1. The molecule has 0 atom stereocenters. The van der Waals surface area contributed by atoms with Gasteiger partial charge in [0.05, 0.1) is 17.1 Å². The largest absolute Gasteiger partial charge is 0.372 e. The molecule has 2 N–H and O–H groups in total. The van der Waals surface area contributed by atoms with Gasteiger partial charge in [-0.2, -0.15) is 0 Å². The summed E-state index contributed by atoms with van der Waals surface area (Å²) in [4.78, 5) is 17.3. The van der Waals surface area contributed by atoms with Crippen molar-refractivity contribution in [2.24, 2.45) is 15.0 Å². The molecule has 0 aliphatic carbocycles. The topological polar surface area (TPSA) is 67.6 Å². The van der Waals surface area contributed by atoms with Gasteiger partial charge in [-0.1, -0.05) is 20.1 Å². The molecule has 0 aromatic heterocycles. The Morgan fingerprint density at radius 1 is 1.15 bits per heavy atom. The molecule has 0 saturated carbocycles. The number of aliphatic imine (C=N–C) groups is 3. The van der Waals surface area contributed by atoms with Gasteiger partial charge >= 0.3 is 0 Å². The molecule has 8 heteroatoms. The molecule has 1 aliphatic heterocycles. The number of halogens is 1. The van der Waals surface area contributed by atoms with E-state index >= 15 is 0 Å². The molecule has 206 valence electrons. The van der Waals surface area contributed by atoms with Gasteiger partial charge < -0.3 is 20.4 Å². The number of nitrogens with one attached hydrogen (secondary N) is 2. The SMILES string of the molecule is C=CC(=C)Nc1cc(NC/N=C(\C=C/N=C)c2cc(F)c3c(c2)CC(C)=N3)c(CC)cc1N(C)CCN(C)C. The second kappa shape index (κ2) is 13.7. The number of anilines is 3. The van der Waals surface area contributed by atoms with Crippen LogP contribution in [-0.2, 0) is 12.8 Å². The molecule has 0 unspecified atom stereocenters. The van der Waals surface area contributed by atoms with E-state index in [1.807, 2.05) is 13.0 Å². The standard InChI is InChI=1S/C31H40FN7/c1-9-21(3)36-29-19-28(23(10-2)18-30(29)39(8)14-13-38(6)7)35-20-34-27(11-12-33-5)24-16-25-15-22(4)37-31(25)26(32)17-24/h9,11-12,16-19,35-36H,1,3,5,10,13-15,20H2,2,4,6-8H3/b12-11-,34-27+. The zero-order chi connectivity index (χ0) is 28.5. The van der Waals surface area contributed by atoms with Crippen LogP contribution >= 0.6 is 0 Å². The minimum absolute atomic E-state index is 0.287. The van der Waals surface area contributed by atoms with Gasteiger partial charge in [-0.15, -0.1) is 0 Å². The smallest absolute Gasteiger partial charge is 0.149 e. The van der Waals surface area contributed by atoms with Crippen molar-refractivity contribution < 1.29 is 4.39 Å². The van der Waals surface area contributed by atoms with E-state index < -0.39 is 0 Å². The molecule has 2 aromatic rings. The average Bonchev–Trinajstić information content (AvgIpc) is 3.29. The number of allylic oxidation sites excluding steroid dienone is 2. The number of hydrogen-bond acceptors (Lipinski definition) is 7. The molecule has 0 fully saturated rings. The number of fused-ring (bicyclic) bond motifs is 1. The Morgan fingerprint density at radius 3 is 2.59 bits per heavy atom. The van der Waals surface area contributed by atoms with Gasteiger partial charge in [0, 0.05) is 55.4 Å². The Kier molecular flexibility index (Phi) is 10.3. The van der Waals surface area contributed by atoms with Gasteiger partial charge in [0.1, 0.15) is 18.2 Å². The maximum absolute atomic E-state index is 14.8. The Bertz CT molecular complexity index is 1320. The molecular formula is C31H40FN7. The van der Waals surface area contributed by atoms with Crippen LogP contribution in [-0.4, -0.2) is 63.9 Å². The van der Waals surface area contributed by atoms with Crippen LogP contribution in [0.3, 0.4) is 0 Å². The molecule has 2 aromatic carbocycles. The van der Waals surface area contributed by atoms with Crippen LogP contribution < -0.4 is 15.5 Å². The molecule has 1 aliphatic rings. The summed E-state index contributed by atoms with van der Waals surface area (Å²) in [6, 6.07) is 7.71. The van der Waals surface area contributed by atoms with Crippen LogP contribution in [0.25, 0.3) is 0 Å². The normalized spacial score (nSPS) is 12.9. The first-order chi connectivity index (χ1) is 18.7. The van der Waals surface area contributed by atoms with Gasteiger partial charge in [0.15, 0.2) is 0 Å². The Hall–Kier alpha value is -4.04. The highest BCUT2D eigenvalue weighted by Gasteiger charge is 2.18. The molecule has 1 heterocycles. The Labute approximate surface area is 232 Å². The fraction of sp³-hybridized carbons (Fsp3) is 0.323. The van der Waals surface area contributed by atoms with E-state index in [0.29, 0.717) is 29.1 Å². The van der Waals surface area contributed by atoms with Crippen molar-refractivity contribution in [3.63, 3.8) is 0 Å². The lowest BCUT2D eigenvalue weighted by Gasteiger charge is -2.26. The molecule has 0 radical (unpaired) electrons. The van der Waals surface area contributed by atoms with Crippen molar-refractivity contribution >= 4 is 40.9 Å². The van der Waals surface area contributed by atoms with Crippen LogP contribution in [0, 0.1) is 5.82 Å². The maximum Gasteiger partial charge on any atom is 0.149 e. The van der Waals surface area contributed by atoms with Crippen LogP contribution in [0.5, 0.6) is 0 Å². The fourth-order valence-corrected chi connectivity index (χ4v) is 4.34. The summed E-state index contributed by atoms with van der Waals surface area (Å²) in [5.74, 6) is -0.347. The third-order valence-electron chi connectivity index (χ3n) is 6.48. The van der Waals surface area contributed by atoms with Gasteiger partial charge in [0.2, 0.25) is 0 Å². The highest BCUT2D eigenvalue weighted by atomic mass is 19.1. The quantitative estimate of drug-likeness (QED) is 0.225. The molecule has 0 saturated heterocycles. The fourth-order valence-electron chi connectivity index (χ4n) is 4.34. The second-order valence-corrected chi connectivity index (χ2v) is 9.83. The van der Waals surface area contributed by atoms with Crippen molar-refractivity contribution in [1.29, 1.82) is 0 Å². The Morgan fingerprint density at radius 2 is 1.92 bits per heavy atom. The van der Waals surface area contributed by atoms with E-state index in [0.717, 1.165) is 53.4 Å². The highest BCUT2D eigenvalue weighted by molar-refractivity contribution is 6.09. The third kappa shape index (κ3) is 7.74. The first kappa shape index (κ1) is 29.5. The molecular weight excluding hydrogens is 489 g/mol. The lowest BCUT2D eigenvalue weighted by molar-refractivity contribution is 0.416. The number of likely N-dealkylation sites (N-methyl/N-ethyl adjacent to an activating group) is 2. The van der Waals surface area contributed by atoms with Gasteiger partial charge in [0.25, 0.3) is 0 Å². The van der Waals surface area contributed by atoms with Gasteiger partial charge in [-0.25, -0.2) is 4.39 Å². The van der Waals surface area contributed by atoms with E-state index in [2.05, 4.69) is 90.5 Å². The summed E-state index contributed by atoms with van der Waals surface area (Å²) < 4.78 is 14.8. The number of nitrogens with zero attached hydrogens (tertiary/aromatic N) is 5. The molecule has 3 rings (SSSR count). The Balaban J connectivity index is 1.92. The van der Waals surface area contributed by atoms with Crippen LogP contribution in [0.2, 0.25) is 0 Å². The van der Waals surface area contributed by atoms with E-state index in [1.54, 1.807) is 18.4 Å². The van der Waals surface area contributed by atoms with Gasteiger partial charge in [-0.3, -0.25) is 15.0 Å². The predicted octanol–water partition coefficient (Wildman–Crippen LogP) is 6.22. The summed E-state index contributed by atoms with van der Waals surface area (Å²) in [5, 5.41) is 6.84. The zero-order valence-electron chi connectivity index (χ0n) is 23.8. The van der Waals surface area contributed by atoms with E-state index in [4.69, 9.17) is 4.99 Å². The average molecular weight is 530 g/mol. The minimum Gasteiger partial charge on any atom is -0.372 e. The van der Waals surface area contributed by atoms with E-state index in [9.17, 15) is 4.39 Å². The minimum atomic E-state index is -0.347. The summed E-state index contributed by atoms with van der Waals surface area (Å²) >= 11 is 0. The zero-order valence-corrected chi connectivity index (χ0v) is 23.8. The molecule has 0 spiro atoms. The summed E-state index contributed by atoms with van der Waals surface area (Å²) in [5.41, 5.74) is 8.31. The van der Waals surface area contributed by atoms with Crippen molar-refractivity contribution in [2.75, 3.05) is 56.4 Å². The molecule has 0 amide bonds. The van der Waals surface area contributed by atoms with Gasteiger partial charge in [-0.05, 0) is 81.7 Å². The molecule has 7 nitrogen and oxygen atoms in total. The van der Waals surface area contributed by atoms with Crippen molar-refractivity contribution in [1.82, 2.24) is 4.90 Å². The number of hydrogen-bond donors (Lipinski definition) is 2. The summed E-state index contributed by atoms with van der Waals surface area (Å²) in [6.45, 7) is 17.5. The molecule has 39 heavy (non-hydrogen) atoms. The number of benzene rings is 2. The van der Waals surface area contributed by atoms with Crippen molar-refractivity contribution in [2.45, 2.75) is 26.7 Å². The maximum atomic E-state index is 14.8. The lowest BCUT2D eigenvalue weighted by atomic mass is 10.0. The van der Waals surface area contributed by atoms with E-state index in [-0.39, 0.29) is 12.5 Å². The summed E-state index contributed by atoms with van der Waals surface area (Å²) in [7, 11) is 6.22. The highest BCUT2D eigenvalue weighted by Crippen LogP contribution is 2.34. The lowest BCUT2D eigenvalue weighted by Crippen LogP contribution is -2.29. The second-order valence-electron chi connectivity index (χ2n) is 9.83. The first-order valence-electron chi connectivity index (χ1n) is 13.1. The third-order valence-corrected chi connectivity index (χ3v) is 6.48. The van der Waals surface area contributed by atoms with Crippen molar-refractivity contribution in [3.05, 3.63) is 84.0 Å². The molecule has 0 bridgehead atoms. The number of rotatable bonds is 14.